The maximum Gasteiger partial charge on any atom is 0.257 e. The molecule has 1 saturated carbocycles. The van der Waals surface area contributed by atoms with Crippen LogP contribution >= 0.6 is 11.6 Å². The van der Waals surface area contributed by atoms with Gasteiger partial charge in [-0.25, -0.2) is 14.4 Å². The number of aromatic nitrogens is 2. The first-order valence-corrected chi connectivity index (χ1v) is 15.4. The number of benzene rings is 1. The van der Waals surface area contributed by atoms with E-state index in [2.05, 4.69) is 44.8 Å². The fourth-order valence-electron chi connectivity index (χ4n) is 5.90. The van der Waals surface area contributed by atoms with E-state index in [-0.39, 0.29) is 39.1 Å². The van der Waals surface area contributed by atoms with Crippen LogP contribution in [0.4, 0.5) is 26.1 Å². The average molecular weight is 682 g/mol. The highest BCUT2D eigenvalue weighted by Crippen LogP contribution is 2.46. The predicted molar refractivity (Wildman–Crippen MR) is 176 cm³/mol. The minimum absolute atomic E-state index is 0.0675. The minimum atomic E-state index is -1.74. The molecular weight excluding hydrogens is 648 g/mol. The molecule has 48 heavy (non-hydrogen) atoms. The number of nitriles is 1. The monoisotopic (exact) mass is 681 g/mol. The molecule has 16 heteroatoms. The van der Waals surface area contributed by atoms with Crippen molar-refractivity contribution in [2.45, 2.75) is 32.4 Å². The van der Waals surface area contributed by atoms with Crippen molar-refractivity contribution < 1.29 is 28.3 Å². The highest BCUT2D eigenvalue weighted by molar-refractivity contribution is 6.33. The fraction of sp³-hybridized carbons (Fsp3) is 0.375. The zero-order valence-electron chi connectivity index (χ0n) is 26.6. The Morgan fingerprint density at radius 2 is 1.96 bits per heavy atom. The second-order valence-corrected chi connectivity index (χ2v) is 12.7. The van der Waals surface area contributed by atoms with Gasteiger partial charge in [-0.1, -0.05) is 11.6 Å². The summed E-state index contributed by atoms with van der Waals surface area (Å²) in [6, 6.07) is 4.98. The van der Waals surface area contributed by atoms with Crippen LogP contribution in [0, 0.1) is 28.4 Å². The molecule has 252 valence electrons. The number of nitrogens with zero attached hydrogens (tertiary/aromatic N) is 7. The number of primary amides is 1. The highest BCUT2D eigenvalue weighted by atomic mass is 35.5. The molecule has 1 saturated heterocycles. The topological polar surface area (TPSA) is 173 Å². The zero-order chi connectivity index (χ0) is 35.1. The summed E-state index contributed by atoms with van der Waals surface area (Å²) >= 11 is 6.41. The van der Waals surface area contributed by atoms with E-state index in [4.69, 9.17) is 17.3 Å². The molecule has 4 N–H and O–H groups in total. The molecule has 2 aliphatic rings. The van der Waals surface area contributed by atoms with E-state index < -0.39 is 52.8 Å². The number of carbonyl (C=O) groups is 3. The van der Waals surface area contributed by atoms with Crippen molar-refractivity contribution in [2.75, 3.05) is 50.5 Å². The molecule has 1 aliphatic carbocycles. The number of anilines is 2. The van der Waals surface area contributed by atoms with Gasteiger partial charge in [0, 0.05) is 69.7 Å². The number of piperazine rings is 1. The lowest BCUT2D eigenvalue weighted by atomic mass is 9.99. The third-order valence-corrected chi connectivity index (χ3v) is 8.91. The molecule has 0 spiro atoms. The molecule has 3 amide bonds. The van der Waals surface area contributed by atoms with Gasteiger partial charge in [-0.3, -0.25) is 19.3 Å². The van der Waals surface area contributed by atoms with Gasteiger partial charge < -0.3 is 30.5 Å². The van der Waals surface area contributed by atoms with Crippen LogP contribution in [-0.2, 0) is 11.3 Å². The number of hydrogen-bond acceptors (Lipinski definition) is 9. The lowest BCUT2D eigenvalue weighted by Crippen LogP contribution is -2.53. The Morgan fingerprint density at radius 1 is 1.25 bits per heavy atom. The number of aromatic hydroxyl groups is 1. The lowest BCUT2D eigenvalue weighted by molar-refractivity contribution is -0.116. The highest BCUT2D eigenvalue weighted by Gasteiger charge is 2.45. The maximum absolute atomic E-state index is 15.2. The molecule has 3 heterocycles. The number of hydrogen-bond donors (Lipinski definition) is 3. The molecule has 2 aromatic heterocycles. The van der Waals surface area contributed by atoms with Gasteiger partial charge in [0.05, 0.1) is 39.5 Å². The van der Waals surface area contributed by atoms with Gasteiger partial charge in [0.25, 0.3) is 11.8 Å². The van der Waals surface area contributed by atoms with Crippen LogP contribution in [0.25, 0.3) is 11.1 Å². The smallest absolute Gasteiger partial charge is 0.257 e. The molecule has 1 atom stereocenters. The molecule has 0 radical (unpaired) electrons. The largest absolute Gasteiger partial charge is 0.504 e. The number of halogens is 3. The van der Waals surface area contributed by atoms with Crippen molar-refractivity contribution in [1.29, 1.82) is 5.26 Å². The molecule has 0 bridgehead atoms. The van der Waals surface area contributed by atoms with Crippen LogP contribution in [0.2, 0.25) is 5.02 Å². The van der Waals surface area contributed by atoms with Crippen molar-refractivity contribution in [2.24, 2.45) is 16.1 Å². The second-order valence-electron chi connectivity index (χ2n) is 12.3. The molecular formula is C32H34ClF2N9O4. The number of aliphatic imine (C=N–C) groups is 1. The van der Waals surface area contributed by atoms with Crippen molar-refractivity contribution in [3.8, 4) is 22.9 Å². The van der Waals surface area contributed by atoms with Gasteiger partial charge in [0.2, 0.25) is 11.7 Å². The summed E-state index contributed by atoms with van der Waals surface area (Å²) in [6.45, 7) is 7.97. The Hall–Kier alpha value is -5.07. The minimum Gasteiger partial charge on any atom is -0.504 e. The van der Waals surface area contributed by atoms with Gasteiger partial charge in [0.1, 0.15) is 18.2 Å². The fourth-order valence-corrected chi connectivity index (χ4v) is 6.05. The van der Waals surface area contributed by atoms with E-state index in [1.807, 2.05) is 0 Å². The van der Waals surface area contributed by atoms with E-state index in [1.165, 1.54) is 31.1 Å². The Balaban J connectivity index is 1.42. The third kappa shape index (κ3) is 6.54. The average Bonchev–Trinajstić information content (AvgIpc) is 3.72. The summed E-state index contributed by atoms with van der Waals surface area (Å²) < 4.78 is 31.1. The predicted octanol–water partition coefficient (Wildman–Crippen LogP) is 3.77. The number of amides is 3. The number of phenols is 1. The van der Waals surface area contributed by atoms with Crippen molar-refractivity contribution in [3.05, 3.63) is 52.3 Å². The number of nitrogens with one attached hydrogen (secondary N) is 1. The van der Waals surface area contributed by atoms with E-state index in [0.717, 1.165) is 43.4 Å². The molecule has 5 rings (SSSR count). The van der Waals surface area contributed by atoms with Gasteiger partial charge in [0.15, 0.2) is 11.6 Å². The van der Waals surface area contributed by atoms with Crippen molar-refractivity contribution >= 4 is 53.4 Å². The molecule has 0 unspecified atom stereocenters. The van der Waals surface area contributed by atoms with Crippen LogP contribution in [0.15, 0.2) is 29.5 Å². The van der Waals surface area contributed by atoms with Gasteiger partial charge in [-0.15, -0.1) is 0 Å². The summed E-state index contributed by atoms with van der Waals surface area (Å²) in [7, 11) is 2.84. The van der Waals surface area contributed by atoms with Crippen LogP contribution in [-0.4, -0.2) is 95.2 Å². The van der Waals surface area contributed by atoms with E-state index in [0.29, 0.717) is 12.4 Å². The number of nitrogens with two attached hydrogens (primary N) is 1. The van der Waals surface area contributed by atoms with E-state index in [9.17, 15) is 29.1 Å². The molecule has 1 aliphatic heterocycles. The van der Waals surface area contributed by atoms with Crippen LogP contribution in [0.3, 0.4) is 0 Å². The number of rotatable bonds is 10. The number of carbonyl (C=O) groups excluding carboxylic acids is 3. The van der Waals surface area contributed by atoms with E-state index in [1.54, 1.807) is 6.07 Å². The number of pyridine rings is 1. The van der Waals surface area contributed by atoms with Crippen molar-refractivity contribution in [3.63, 3.8) is 0 Å². The van der Waals surface area contributed by atoms with Gasteiger partial charge in [-0.2, -0.15) is 9.65 Å². The Bertz CT molecular complexity index is 1870. The molecule has 3 aromatic rings. The molecule has 2 fully saturated rings. The quantitative estimate of drug-likeness (QED) is 0.271. The first-order chi connectivity index (χ1) is 22.7. The SMILES string of the molecule is C=Nc1c(C(=O)N(C)C)c(-c2cc(C(N)=O)c(O)c(F)c2F)cn1CC(=O)Nc1cc(N2CCN(CC3(C#N)CC3)C[C@@H]2C)ncc1Cl. The Labute approximate surface area is 280 Å². The standard InChI is InChI=1S/C32H34ClF2N9O4/c1-17-12-42(16-32(15-36)5-6-32)7-8-44(17)23-10-22(21(33)11-39-23)40-24(45)14-43-13-20(25(30(43)38-2)31(48)41(3)4)18-9-19(29(37)47)28(46)27(35)26(18)34/h9-11,13,17,46H,2,5-8,12,14,16H2,1,3-4H3,(H2,37,47)(H,39,40,45)/t17-/m0/s1. The summed E-state index contributed by atoms with van der Waals surface area (Å²) in [6.07, 6.45) is 4.46. The summed E-state index contributed by atoms with van der Waals surface area (Å²) in [5.74, 6) is -6.63. The Kier molecular flexibility index (Phi) is 9.43. The third-order valence-electron chi connectivity index (χ3n) is 8.61. The molecule has 13 nitrogen and oxygen atoms in total. The van der Waals surface area contributed by atoms with Crippen molar-refractivity contribution in [1.82, 2.24) is 19.4 Å². The van der Waals surface area contributed by atoms with Gasteiger partial charge >= 0.3 is 0 Å². The van der Waals surface area contributed by atoms with Gasteiger partial charge in [-0.05, 0) is 32.5 Å². The van der Waals surface area contributed by atoms with Crippen LogP contribution in [0.1, 0.15) is 40.5 Å². The van der Waals surface area contributed by atoms with E-state index >= 15 is 4.39 Å². The molecule has 1 aromatic carbocycles. The Morgan fingerprint density at radius 3 is 2.54 bits per heavy atom. The summed E-state index contributed by atoms with van der Waals surface area (Å²) in [4.78, 5) is 52.5. The summed E-state index contributed by atoms with van der Waals surface area (Å²) in [5, 5.41) is 22.3. The first-order valence-electron chi connectivity index (χ1n) is 15.0. The second kappa shape index (κ2) is 13.2. The van der Waals surface area contributed by atoms with Crippen LogP contribution in [0.5, 0.6) is 5.75 Å². The first kappa shape index (κ1) is 34.3. The zero-order valence-corrected chi connectivity index (χ0v) is 27.3. The maximum atomic E-state index is 15.2. The normalized spacial score (nSPS) is 17.0. The lowest BCUT2D eigenvalue weighted by Gasteiger charge is -2.41. The summed E-state index contributed by atoms with van der Waals surface area (Å²) in [5.41, 5.74) is 3.56. The van der Waals surface area contributed by atoms with Crippen LogP contribution < -0.4 is 16.0 Å².